The number of imide groups is 1. The van der Waals surface area contributed by atoms with Gasteiger partial charge in [0.2, 0.25) is 11.8 Å². The van der Waals surface area contributed by atoms with E-state index in [1.165, 1.54) is 10.5 Å². The fourth-order valence-corrected chi connectivity index (χ4v) is 5.91. The van der Waals surface area contributed by atoms with Gasteiger partial charge in [-0.15, -0.1) is 0 Å². The third-order valence-corrected chi connectivity index (χ3v) is 8.51. The Labute approximate surface area is 235 Å². The molecule has 0 aliphatic carbocycles. The molecule has 2 heterocycles. The van der Waals surface area contributed by atoms with Crippen molar-refractivity contribution in [3.63, 3.8) is 0 Å². The number of amidine groups is 1. The predicted octanol–water partition coefficient (Wildman–Crippen LogP) is 6.51. The SMILES string of the molecule is Cc1ccc(C2=NN(C(=N)S[C@@H]3CC(=O)N(c4ccc(I)cc4)C3=O)[C@H](c3ccc(Br)cc3)C2)cc1. The summed E-state index contributed by atoms with van der Waals surface area (Å²) in [6, 6.07) is 23.3. The predicted molar refractivity (Wildman–Crippen MR) is 156 cm³/mol. The molecule has 3 aromatic carbocycles. The molecule has 0 aromatic heterocycles. The smallest absolute Gasteiger partial charge is 0.247 e. The number of anilines is 1. The number of hydrogen-bond acceptors (Lipinski definition) is 5. The molecule has 2 aliphatic heterocycles. The van der Waals surface area contributed by atoms with Gasteiger partial charge in [0.15, 0.2) is 5.17 Å². The van der Waals surface area contributed by atoms with Crippen molar-refractivity contribution in [1.29, 1.82) is 5.41 Å². The Morgan fingerprint density at radius 3 is 2.33 bits per heavy atom. The monoisotopic (exact) mass is 672 g/mol. The van der Waals surface area contributed by atoms with E-state index in [0.29, 0.717) is 12.1 Å². The minimum atomic E-state index is -0.659. The molecule has 0 spiro atoms. The van der Waals surface area contributed by atoms with E-state index in [1.54, 1.807) is 17.1 Å². The molecule has 0 saturated carbocycles. The third-order valence-electron chi connectivity index (χ3n) is 6.20. The molecule has 9 heteroatoms. The van der Waals surface area contributed by atoms with Gasteiger partial charge in [0, 0.05) is 20.9 Å². The first-order valence-electron chi connectivity index (χ1n) is 11.4. The number of benzene rings is 3. The maximum atomic E-state index is 13.2. The van der Waals surface area contributed by atoms with E-state index in [2.05, 4.69) is 50.7 Å². The van der Waals surface area contributed by atoms with E-state index < -0.39 is 5.25 Å². The molecule has 5 rings (SSSR count). The lowest BCUT2D eigenvalue weighted by Crippen LogP contribution is -2.32. The van der Waals surface area contributed by atoms with E-state index >= 15 is 0 Å². The quantitative estimate of drug-likeness (QED) is 0.148. The molecule has 2 atom stereocenters. The fourth-order valence-electron chi connectivity index (χ4n) is 4.31. The van der Waals surface area contributed by atoms with Gasteiger partial charge < -0.3 is 0 Å². The number of nitrogens with zero attached hydrogens (tertiary/aromatic N) is 3. The van der Waals surface area contributed by atoms with Crippen molar-refractivity contribution in [2.75, 3.05) is 4.90 Å². The minimum absolute atomic E-state index is 0.0587. The number of hydrazone groups is 1. The number of amides is 2. The van der Waals surface area contributed by atoms with Crippen molar-refractivity contribution >= 4 is 78.7 Å². The molecule has 2 aliphatic rings. The van der Waals surface area contributed by atoms with Gasteiger partial charge in [0.1, 0.15) is 5.25 Å². The maximum Gasteiger partial charge on any atom is 0.247 e. The van der Waals surface area contributed by atoms with E-state index in [-0.39, 0.29) is 29.4 Å². The zero-order valence-corrected chi connectivity index (χ0v) is 23.9. The molecule has 36 heavy (non-hydrogen) atoms. The first-order valence-corrected chi connectivity index (χ1v) is 14.1. The third kappa shape index (κ3) is 5.14. The number of thioether (sulfide) groups is 1. The Balaban J connectivity index is 1.39. The summed E-state index contributed by atoms with van der Waals surface area (Å²) in [5.74, 6) is -0.542. The van der Waals surface area contributed by atoms with Crippen molar-refractivity contribution in [2.24, 2.45) is 5.10 Å². The Morgan fingerprint density at radius 2 is 1.67 bits per heavy atom. The largest absolute Gasteiger partial charge is 0.277 e. The first-order chi connectivity index (χ1) is 17.3. The van der Waals surface area contributed by atoms with Gasteiger partial charge >= 0.3 is 0 Å². The molecule has 6 nitrogen and oxygen atoms in total. The van der Waals surface area contributed by atoms with Crippen LogP contribution in [0.15, 0.2) is 82.4 Å². The van der Waals surface area contributed by atoms with Crippen molar-refractivity contribution in [2.45, 2.75) is 31.1 Å². The zero-order valence-electron chi connectivity index (χ0n) is 19.3. The molecule has 1 saturated heterocycles. The molecular weight excluding hydrogens is 651 g/mol. The van der Waals surface area contributed by atoms with Gasteiger partial charge in [-0.25, -0.2) is 9.91 Å². The molecule has 3 aromatic rings. The average molecular weight is 673 g/mol. The van der Waals surface area contributed by atoms with Gasteiger partial charge in [-0.2, -0.15) is 5.10 Å². The summed E-state index contributed by atoms with van der Waals surface area (Å²) in [6.07, 6.45) is 0.698. The van der Waals surface area contributed by atoms with Crippen molar-refractivity contribution in [3.05, 3.63) is 97.5 Å². The van der Waals surface area contributed by atoms with Gasteiger partial charge in [0.05, 0.1) is 17.4 Å². The average Bonchev–Trinajstić information content (AvgIpc) is 3.42. The summed E-state index contributed by atoms with van der Waals surface area (Å²) in [7, 11) is 0. The fraction of sp³-hybridized carbons (Fsp3) is 0.185. The van der Waals surface area contributed by atoms with Crippen LogP contribution in [0.3, 0.4) is 0 Å². The standard InChI is InChI=1S/C27H22BrIN4O2S/c1-16-2-4-17(5-3-16)22-14-23(18-6-8-19(28)9-7-18)33(31-22)27(30)36-24-15-25(34)32(26(24)35)21-12-10-20(29)11-13-21/h2-13,23-24,30H,14-15H2,1H3/t23-,24+/m0/s1. The van der Waals surface area contributed by atoms with Crippen molar-refractivity contribution in [1.82, 2.24) is 5.01 Å². The maximum absolute atomic E-state index is 13.2. The van der Waals surface area contributed by atoms with Gasteiger partial charge in [-0.3, -0.25) is 15.0 Å². The highest BCUT2D eigenvalue weighted by Crippen LogP contribution is 2.38. The topological polar surface area (TPSA) is 76.8 Å². The number of halogens is 2. The van der Waals surface area contributed by atoms with Gasteiger partial charge in [0.25, 0.3) is 0 Å². The van der Waals surface area contributed by atoms with E-state index in [1.807, 2.05) is 55.5 Å². The van der Waals surface area contributed by atoms with E-state index in [0.717, 1.165) is 36.6 Å². The van der Waals surface area contributed by atoms with Crippen molar-refractivity contribution < 1.29 is 9.59 Å². The van der Waals surface area contributed by atoms with Crippen LogP contribution in [-0.4, -0.2) is 33.0 Å². The Morgan fingerprint density at radius 1 is 1.00 bits per heavy atom. The molecule has 182 valence electrons. The Kier molecular flexibility index (Phi) is 7.32. The van der Waals surface area contributed by atoms with Crippen LogP contribution in [0.5, 0.6) is 0 Å². The Hall–Kier alpha value is -2.50. The zero-order chi connectivity index (χ0) is 25.4. The van der Waals surface area contributed by atoms with Crippen LogP contribution in [0.4, 0.5) is 5.69 Å². The number of rotatable bonds is 4. The Bertz CT molecular complexity index is 1360. The van der Waals surface area contributed by atoms with Gasteiger partial charge in [-0.1, -0.05) is 69.7 Å². The lowest BCUT2D eigenvalue weighted by Gasteiger charge is -2.24. The van der Waals surface area contributed by atoms with Crippen LogP contribution < -0.4 is 4.90 Å². The van der Waals surface area contributed by atoms with E-state index in [4.69, 9.17) is 10.5 Å². The van der Waals surface area contributed by atoms with Crippen LogP contribution in [0, 0.1) is 15.9 Å². The highest BCUT2D eigenvalue weighted by Gasteiger charge is 2.42. The normalized spacial score (nSPS) is 19.7. The van der Waals surface area contributed by atoms with Crippen LogP contribution in [0.1, 0.15) is 35.6 Å². The number of carbonyl (C=O) groups excluding carboxylic acids is 2. The lowest BCUT2D eigenvalue weighted by atomic mass is 9.98. The number of nitrogens with one attached hydrogen (secondary N) is 1. The summed E-state index contributed by atoms with van der Waals surface area (Å²) >= 11 is 6.77. The lowest BCUT2D eigenvalue weighted by molar-refractivity contribution is -0.121. The minimum Gasteiger partial charge on any atom is -0.277 e. The van der Waals surface area contributed by atoms with E-state index in [9.17, 15) is 9.59 Å². The van der Waals surface area contributed by atoms with Gasteiger partial charge in [-0.05, 0) is 77.0 Å². The highest BCUT2D eigenvalue weighted by molar-refractivity contribution is 14.1. The molecule has 1 fully saturated rings. The highest BCUT2D eigenvalue weighted by atomic mass is 127. The number of carbonyl (C=O) groups is 2. The molecule has 0 bridgehead atoms. The summed E-state index contributed by atoms with van der Waals surface area (Å²) in [6.45, 7) is 2.04. The summed E-state index contributed by atoms with van der Waals surface area (Å²) < 4.78 is 2.00. The van der Waals surface area contributed by atoms with Crippen LogP contribution >= 0.6 is 50.3 Å². The second-order valence-electron chi connectivity index (χ2n) is 8.69. The number of aryl methyl sites for hydroxylation is 1. The summed E-state index contributed by atoms with van der Waals surface area (Å²) in [4.78, 5) is 27.2. The second-order valence-corrected chi connectivity index (χ2v) is 12.0. The molecule has 2 amide bonds. The summed E-state index contributed by atoms with van der Waals surface area (Å²) in [5, 5.41) is 14.9. The van der Waals surface area contributed by atoms with Crippen molar-refractivity contribution in [3.8, 4) is 0 Å². The molecule has 0 radical (unpaired) electrons. The molecule has 0 unspecified atom stereocenters. The van der Waals surface area contributed by atoms with Crippen LogP contribution in [0.2, 0.25) is 0 Å². The van der Waals surface area contributed by atoms with Crippen LogP contribution in [0.25, 0.3) is 0 Å². The first kappa shape index (κ1) is 25.2. The second kappa shape index (κ2) is 10.5. The molecule has 1 N–H and O–H groups in total. The number of hydrogen-bond donors (Lipinski definition) is 1. The van der Waals surface area contributed by atoms with Crippen LogP contribution in [-0.2, 0) is 9.59 Å². The summed E-state index contributed by atoms with van der Waals surface area (Å²) in [5.41, 5.74) is 4.67. The molecular formula is C27H22BrIN4O2S.